The molecular weight excluding hydrogens is 308 g/mol. The summed E-state index contributed by atoms with van der Waals surface area (Å²) in [7, 11) is 3.74. The summed E-state index contributed by atoms with van der Waals surface area (Å²) < 4.78 is 3.62. The maximum Gasteiger partial charge on any atom is 0.272 e. The molecule has 1 saturated heterocycles. The number of aryl methyl sites for hydroxylation is 2. The summed E-state index contributed by atoms with van der Waals surface area (Å²) >= 11 is 0. The number of piperazine rings is 1. The van der Waals surface area contributed by atoms with Gasteiger partial charge in [-0.2, -0.15) is 0 Å². The zero-order chi connectivity index (χ0) is 16.7. The van der Waals surface area contributed by atoms with Gasteiger partial charge in [-0.25, -0.2) is 19.9 Å². The monoisotopic (exact) mass is 326 g/mol. The van der Waals surface area contributed by atoms with Crippen molar-refractivity contribution in [3.63, 3.8) is 0 Å². The summed E-state index contributed by atoms with van der Waals surface area (Å²) in [5.74, 6) is 0.841. The third-order valence-electron chi connectivity index (χ3n) is 4.38. The molecule has 0 aromatic carbocycles. The Morgan fingerprint density at radius 1 is 1.00 bits per heavy atom. The van der Waals surface area contributed by atoms with E-state index in [9.17, 15) is 4.79 Å². The fraction of sp³-hybridized carbons (Fsp3) is 0.400. The lowest BCUT2D eigenvalue weighted by Gasteiger charge is -2.35. The fourth-order valence-electron chi connectivity index (χ4n) is 3.01. The van der Waals surface area contributed by atoms with Gasteiger partial charge in [0.15, 0.2) is 17.0 Å². The van der Waals surface area contributed by atoms with Crippen LogP contribution >= 0.6 is 0 Å². The number of imidazole rings is 2. The maximum absolute atomic E-state index is 12.5. The second kappa shape index (κ2) is 5.59. The van der Waals surface area contributed by atoms with Gasteiger partial charge in [0, 0.05) is 40.3 Å². The highest BCUT2D eigenvalue weighted by atomic mass is 16.2. The summed E-state index contributed by atoms with van der Waals surface area (Å²) in [6, 6.07) is 0. The minimum absolute atomic E-state index is 0.0142. The molecule has 124 valence electrons. The van der Waals surface area contributed by atoms with Crippen LogP contribution < -0.4 is 4.90 Å². The van der Waals surface area contributed by atoms with Crippen LogP contribution in [0.5, 0.6) is 0 Å². The Bertz CT molecular complexity index is 890. The molecule has 4 rings (SSSR count). The SMILES string of the molecule is Cn1cncc1C(=O)N1CCN(c2ncnc3c2ncn3C)CC1. The van der Waals surface area contributed by atoms with Gasteiger partial charge in [0.1, 0.15) is 12.0 Å². The van der Waals surface area contributed by atoms with Crippen molar-refractivity contribution in [3.05, 3.63) is 30.9 Å². The highest BCUT2D eigenvalue weighted by molar-refractivity contribution is 5.92. The minimum Gasteiger partial charge on any atom is -0.351 e. The molecule has 1 aliphatic heterocycles. The predicted molar refractivity (Wildman–Crippen MR) is 87.6 cm³/mol. The van der Waals surface area contributed by atoms with E-state index in [-0.39, 0.29) is 5.91 Å². The van der Waals surface area contributed by atoms with Gasteiger partial charge in [-0.1, -0.05) is 0 Å². The normalized spacial score (nSPS) is 15.2. The van der Waals surface area contributed by atoms with Crippen molar-refractivity contribution < 1.29 is 4.79 Å². The summed E-state index contributed by atoms with van der Waals surface area (Å²) in [6.45, 7) is 2.71. The molecule has 0 atom stereocenters. The van der Waals surface area contributed by atoms with Crippen LogP contribution in [0.2, 0.25) is 0 Å². The molecule has 9 heteroatoms. The molecule has 0 N–H and O–H groups in total. The number of nitrogens with zero attached hydrogens (tertiary/aromatic N) is 8. The Morgan fingerprint density at radius 2 is 1.79 bits per heavy atom. The van der Waals surface area contributed by atoms with Crippen molar-refractivity contribution in [3.8, 4) is 0 Å². The molecule has 0 spiro atoms. The Balaban J connectivity index is 1.52. The summed E-state index contributed by atoms with van der Waals surface area (Å²) in [4.78, 5) is 33.6. The van der Waals surface area contributed by atoms with E-state index in [2.05, 4.69) is 24.8 Å². The lowest BCUT2D eigenvalue weighted by molar-refractivity contribution is 0.0737. The van der Waals surface area contributed by atoms with Crippen molar-refractivity contribution in [1.82, 2.24) is 34.0 Å². The number of carbonyl (C=O) groups is 1. The number of hydrogen-bond acceptors (Lipinski definition) is 6. The average Bonchev–Trinajstić information content (AvgIpc) is 3.20. The van der Waals surface area contributed by atoms with E-state index in [0.717, 1.165) is 17.0 Å². The molecule has 1 fully saturated rings. The Kier molecular flexibility index (Phi) is 3.40. The first kappa shape index (κ1) is 14.6. The third-order valence-corrected chi connectivity index (χ3v) is 4.38. The van der Waals surface area contributed by atoms with E-state index in [1.54, 1.807) is 29.7 Å². The molecule has 3 aromatic heterocycles. The van der Waals surface area contributed by atoms with Gasteiger partial charge in [-0.05, 0) is 0 Å². The van der Waals surface area contributed by atoms with E-state index in [4.69, 9.17) is 0 Å². The van der Waals surface area contributed by atoms with Crippen LogP contribution in [0.15, 0.2) is 25.2 Å². The van der Waals surface area contributed by atoms with Crippen LogP contribution in [0.1, 0.15) is 10.5 Å². The molecule has 0 aliphatic carbocycles. The van der Waals surface area contributed by atoms with Crippen LogP contribution in [0.4, 0.5) is 5.82 Å². The molecule has 3 aromatic rings. The standard InChI is InChI=1S/C15H18N8O/c1-20-9-16-7-11(20)15(24)23-5-3-22(4-6-23)14-12-13(17-8-18-14)21(2)10-19-12/h7-10H,3-6H2,1-2H3. The molecule has 0 radical (unpaired) electrons. The van der Waals surface area contributed by atoms with E-state index >= 15 is 0 Å². The van der Waals surface area contributed by atoms with Gasteiger partial charge in [0.25, 0.3) is 5.91 Å². The number of rotatable bonds is 2. The van der Waals surface area contributed by atoms with Crippen LogP contribution in [-0.4, -0.2) is 66.1 Å². The zero-order valence-electron chi connectivity index (χ0n) is 13.6. The molecule has 0 saturated carbocycles. The predicted octanol–water partition coefficient (Wildman–Crippen LogP) is 0.0592. The minimum atomic E-state index is 0.0142. The smallest absolute Gasteiger partial charge is 0.272 e. The molecule has 1 aliphatic rings. The van der Waals surface area contributed by atoms with Gasteiger partial charge in [-0.3, -0.25) is 4.79 Å². The second-order valence-electron chi connectivity index (χ2n) is 5.89. The number of amides is 1. The Morgan fingerprint density at radius 3 is 2.50 bits per heavy atom. The lowest BCUT2D eigenvalue weighted by atomic mass is 10.2. The maximum atomic E-state index is 12.5. The molecule has 24 heavy (non-hydrogen) atoms. The molecular formula is C15H18N8O. The van der Waals surface area contributed by atoms with Crippen LogP contribution in [0, 0.1) is 0 Å². The van der Waals surface area contributed by atoms with E-state index < -0.39 is 0 Å². The highest BCUT2D eigenvalue weighted by Gasteiger charge is 2.25. The number of carbonyl (C=O) groups excluding carboxylic acids is 1. The molecule has 9 nitrogen and oxygen atoms in total. The average molecular weight is 326 g/mol. The quantitative estimate of drug-likeness (QED) is 0.662. The van der Waals surface area contributed by atoms with Gasteiger partial charge >= 0.3 is 0 Å². The van der Waals surface area contributed by atoms with E-state index in [1.165, 1.54) is 0 Å². The van der Waals surface area contributed by atoms with Crippen LogP contribution in [0.25, 0.3) is 11.2 Å². The number of aromatic nitrogens is 6. The second-order valence-corrected chi connectivity index (χ2v) is 5.89. The van der Waals surface area contributed by atoms with E-state index in [0.29, 0.717) is 31.9 Å². The first-order chi connectivity index (χ1) is 11.6. The largest absolute Gasteiger partial charge is 0.351 e. The van der Waals surface area contributed by atoms with Crippen molar-refractivity contribution in [2.24, 2.45) is 14.1 Å². The van der Waals surface area contributed by atoms with Crippen molar-refractivity contribution >= 4 is 22.9 Å². The molecule has 0 bridgehead atoms. The van der Waals surface area contributed by atoms with Gasteiger partial charge in [0.2, 0.25) is 0 Å². The topological polar surface area (TPSA) is 85.0 Å². The van der Waals surface area contributed by atoms with Crippen molar-refractivity contribution in [2.45, 2.75) is 0 Å². The van der Waals surface area contributed by atoms with Crippen LogP contribution in [0.3, 0.4) is 0 Å². The fourth-order valence-corrected chi connectivity index (χ4v) is 3.01. The summed E-state index contributed by atoms with van der Waals surface area (Å²) in [6.07, 6.45) is 6.55. The Hall–Kier alpha value is -2.97. The first-order valence-electron chi connectivity index (χ1n) is 7.77. The molecule has 4 heterocycles. The van der Waals surface area contributed by atoms with E-state index in [1.807, 2.05) is 23.6 Å². The lowest BCUT2D eigenvalue weighted by Crippen LogP contribution is -2.49. The van der Waals surface area contributed by atoms with Gasteiger partial charge < -0.3 is 18.9 Å². The van der Waals surface area contributed by atoms with Gasteiger partial charge in [0.05, 0.1) is 18.9 Å². The number of fused-ring (bicyclic) bond motifs is 1. The number of hydrogen-bond donors (Lipinski definition) is 0. The van der Waals surface area contributed by atoms with Crippen molar-refractivity contribution in [1.29, 1.82) is 0 Å². The summed E-state index contributed by atoms with van der Waals surface area (Å²) in [5, 5.41) is 0. The Labute approximate surface area is 138 Å². The molecule has 1 amide bonds. The van der Waals surface area contributed by atoms with Gasteiger partial charge in [-0.15, -0.1) is 0 Å². The summed E-state index contributed by atoms with van der Waals surface area (Å²) in [5.41, 5.74) is 2.22. The highest BCUT2D eigenvalue weighted by Crippen LogP contribution is 2.22. The number of anilines is 1. The first-order valence-corrected chi connectivity index (χ1v) is 7.77. The van der Waals surface area contributed by atoms with Crippen molar-refractivity contribution in [2.75, 3.05) is 31.1 Å². The molecule has 0 unspecified atom stereocenters. The van der Waals surface area contributed by atoms with Crippen LogP contribution in [-0.2, 0) is 14.1 Å². The zero-order valence-corrected chi connectivity index (χ0v) is 13.6. The third kappa shape index (κ3) is 2.29.